The fourth-order valence-corrected chi connectivity index (χ4v) is 1.79. The Morgan fingerprint density at radius 3 is 2.93 bits per heavy atom. The summed E-state index contributed by atoms with van der Waals surface area (Å²) >= 11 is 1.46. The number of nitrogens with one attached hydrogen (secondary N) is 1. The second-order valence-corrected chi connectivity index (χ2v) is 3.80. The van der Waals surface area contributed by atoms with Crippen molar-refractivity contribution in [2.45, 2.75) is 10.2 Å². The molecule has 2 rings (SSSR count). The number of nitrogens with zero attached hydrogens (tertiary/aromatic N) is 4. The zero-order chi connectivity index (χ0) is 10.7. The summed E-state index contributed by atoms with van der Waals surface area (Å²) < 4.78 is 1.92. The maximum Gasteiger partial charge on any atom is 0.174 e. The second kappa shape index (κ2) is 4.28. The number of rotatable bonds is 3. The molecule has 0 aliphatic rings. The number of aromatic nitrogens is 4. The van der Waals surface area contributed by atoms with E-state index < -0.39 is 0 Å². The molecule has 0 aromatic carbocycles. The molecule has 2 heterocycles. The van der Waals surface area contributed by atoms with Gasteiger partial charge in [0, 0.05) is 25.5 Å². The molecule has 0 unspecified atom stereocenters. The maximum absolute atomic E-state index is 5.25. The third-order valence-corrected chi connectivity index (χ3v) is 2.77. The highest BCUT2D eigenvalue weighted by Gasteiger charge is 2.04. The molecule has 2 aromatic rings. The number of nitrogen functional groups attached to an aromatic ring is 1. The number of hydrogen-bond acceptors (Lipinski definition) is 6. The molecule has 7 heteroatoms. The van der Waals surface area contributed by atoms with Crippen LogP contribution in [0.3, 0.4) is 0 Å². The van der Waals surface area contributed by atoms with Gasteiger partial charge in [0.05, 0.1) is 0 Å². The highest BCUT2D eigenvalue weighted by atomic mass is 32.2. The van der Waals surface area contributed by atoms with Gasteiger partial charge in [-0.1, -0.05) is 0 Å². The fourth-order valence-electron chi connectivity index (χ4n) is 1.02. The SMILES string of the molecule is Cn1ccnc1Sc1cc(NN)ncn1. The molecular formula is C8H10N6S. The molecule has 0 saturated carbocycles. The lowest BCUT2D eigenvalue weighted by molar-refractivity contribution is 0.788. The van der Waals surface area contributed by atoms with Crippen molar-refractivity contribution in [3.05, 3.63) is 24.8 Å². The summed E-state index contributed by atoms with van der Waals surface area (Å²) in [5.41, 5.74) is 2.47. The molecule has 0 fully saturated rings. The van der Waals surface area contributed by atoms with E-state index >= 15 is 0 Å². The number of aryl methyl sites for hydroxylation is 1. The Bertz CT molecular complexity index is 454. The van der Waals surface area contributed by atoms with E-state index in [1.165, 1.54) is 18.1 Å². The molecule has 0 aliphatic heterocycles. The summed E-state index contributed by atoms with van der Waals surface area (Å²) in [4.78, 5) is 12.2. The van der Waals surface area contributed by atoms with E-state index in [1.54, 1.807) is 12.3 Å². The number of hydrogen-bond donors (Lipinski definition) is 2. The van der Waals surface area contributed by atoms with Gasteiger partial charge in [0.1, 0.15) is 17.2 Å². The predicted octanol–water partition coefficient (Wildman–Crippen LogP) is 0.647. The molecule has 78 valence electrons. The van der Waals surface area contributed by atoms with Gasteiger partial charge in [0.2, 0.25) is 0 Å². The monoisotopic (exact) mass is 222 g/mol. The topological polar surface area (TPSA) is 81.7 Å². The normalized spacial score (nSPS) is 10.3. The van der Waals surface area contributed by atoms with E-state index in [1.807, 2.05) is 17.8 Å². The van der Waals surface area contributed by atoms with Crippen molar-refractivity contribution >= 4 is 17.6 Å². The lowest BCUT2D eigenvalue weighted by Gasteiger charge is -2.02. The van der Waals surface area contributed by atoms with E-state index in [0.717, 1.165) is 10.2 Å². The Balaban J connectivity index is 2.21. The predicted molar refractivity (Wildman–Crippen MR) is 57.2 cm³/mol. The minimum absolute atomic E-state index is 0.585. The standard InChI is InChI=1S/C8H10N6S/c1-14-3-2-10-8(14)15-7-4-6(13-9)11-5-12-7/h2-5H,9H2,1H3,(H,11,12,13). The van der Waals surface area contributed by atoms with Crippen LogP contribution in [0.15, 0.2) is 35.0 Å². The summed E-state index contributed by atoms with van der Waals surface area (Å²) in [7, 11) is 1.93. The first kappa shape index (κ1) is 9.94. The van der Waals surface area contributed by atoms with E-state index in [4.69, 9.17) is 5.84 Å². The van der Waals surface area contributed by atoms with Gasteiger partial charge in [-0.25, -0.2) is 20.8 Å². The molecule has 0 amide bonds. The lowest BCUT2D eigenvalue weighted by atomic mass is 10.6. The highest BCUT2D eigenvalue weighted by Crippen LogP contribution is 2.24. The molecule has 0 aliphatic carbocycles. The minimum Gasteiger partial charge on any atom is -0.329 e. The molecule has 0 bridgehead atoms. The molecule has 0 radical (unpaired) electrons. The van der Waals surface area contributed by atoms with E-state index in [-0.39, 0.29) is 0 Å². The summed E-state index contributed by atoms with van der Waals surface area (Å²) in [6, 6.07) is 1.76. The number of hydrazine groups is 1. The number of imidazole rings is 1. The fraction of sp³-hybridized carbons (Fsp3) is 0.125. The van der Waals surface area contributed by atoms with E-state index in [0.29, 0.717) is 5.82 Å². The molecule has 2 aromatic heterocycles. The van der Waals surface area contributed by atoms with E-state index in [2.05, 4.69) is 20.4 Å². The van der Waals surface area contributed by atoms with Crippen molar-refractivity contribution in [3.8, 4) is 0 Å². The summed E-state index contributed by atoms with van der Waals surface area (Å²) in [6.45, 7) is 0. The summed E-state index contributed by atoms with van der Waals surface area (Å²) in [6.07, 6.45) is 5.08. The summed E-state index contributed by atoms with van der Waals surface area (Å²) in [5, 5.41) is 1.67. The third-order valence-electron chi connectivity index (χ3n) is 1.76. The van der Waals surface area contributed by atoms with Crippen molar-refractivity contribution in [2.75, 3.05) is 5.43 Å². The Kier molecular flexibility index (Phi) is 2.84. The van der Waals surface area contributed by atoms with Crippen LogP contribution in [0.5, 0.6) is 0 Å². The largest absolute Gasteiger partial charge is 0.329 e. The third kappa shape index (κ3) is 2.25. The molecular weight excluding hydrogens is 212 g/mol. The van der Waals surface area contributed by atoms with Crippen molar-refractivity contribution in [1.82, 2.24) is 19.5 Å². The van der Waals surface area contributed by atoms with Gasteiger partial charge in [0.15, 0.2) is 5.16 Å². The molecule has 0 atom stereocenters. The van der Waals surface area contributed by atoms with Crippen LogP contribution in [0.1, 0.15) is 0 Å². The van der Waals surface area contributed by atoms with Gasteiger partial charge in [-0.3, -0.25) is 0 Å². The van der Waals surface area contributed by atoms with Crippen molar-refractivity contribution in [1.29, 1.82) is 0 Å². The second-order valence-electron chi connectivity index (χ2n) is 2.81. The molecule has 6 nitrogen and oxygen atoms in total. The lowest BCUT2D eigenvalue weighted by Crippen LogP contribution is -2.08. The van der Waals surface area contributed by atoms with Crippen LogP contribution in [-0.4, -0.2) is 19.5 Å². The van der Waals surface area contributed by atoms with Crippen LogP contribution in [0, 0.1) is 0 Å². The highest BCUT2D eigenvalue weighted by molar-refractivity contribution is 7.99. The van der Waals surface area contributed by atoms with Gasteiger partial charge in [-0.05, 0) is 11.8 Å². The minimum atomic E-state index is 0.585. The molecule has 15 heavy (non-hydrogen) atoms. The molecule has 0 saturated heterocycles. The van der Waals surface area contributed by atoms with Gasteiger partial charge < -0.3 is 9.99 Å². The van der Waals surface area contributed by atoms with Gasteiger partial charge in [-0.2, -0.15) is 0 Å². The molecule has 0 spiro atoms. The quantitative estimate of drug-likeness (QED) is 0.451. The smallest absolute Gasteiger partial charge is 0.174 e. The Hall–Kier alpha value is -1.60. The van der Waals surface area contributed by atoms with Crippen LogP contribution < -0.4 is 11.3 Å². The van der Waals surface area contributed by atoms with Gasteiger partial charge in [-0.15, -0.1) is 0 Å². The number of nitrogens with two attached hydrogens (primary N) is 1. The van der Waals surface area contributed by atoms with Crippen LogP contribution in [-0.2, 0) is 7.05 Å². The van der Waals surface area contributed by atoms with Gasteiger partial charge in [0.25, 0.3) is 0 Å². The summed E-state index contributed by atoms with van der Waals surface area (Å²) in [5.74, 6) is 5.84. The van der Waals surface area contributed by atoms with Crippen molar-refractivity contribution < 1.29 is 0 Å². The maximum atomic E-state index is 5.25. The van der Waals surface area contributed by atoms with E-state index in [9.17, 15) is 0 Å². The van der Waals surface area contributed by atoms with Crippen LogP contribution in [0.4, 0.5) is 5.82 Å². The average Bonchev–Trinajstić information content (AvgIpc) is 2.65. The zero-order valence-electron chi connectivity index (χ0n) is 8.08. The molecule has 3 N–H and O–H groups in total. The van der Waals surface area contributed by atoms with Gasteiger partial charge >= 0.3 is 0 Å². The number of anilines is 1. The first-order valence-electron chi connectivity index (χ1n) is 4.23. The first-order chi connectivity index (χ1) is 7.29. The Morgan fingerprint density at radius 2 is 2.27 bits per heavy atom. The van der Waals surface area contributed by atoms with Crippen LogP contribution >= 0.6 is 11.8 Å². The van der Waals surface area contributed by atoms with Crippen molar-refractivity contribution in [3.63, 3.8) is 0 Å². The first-order valence-corrected chi connectivity index (χ1v) is 5.05. The average molecular weight is 222 g/mol. The van der Waals surface area contributed by atoms with Crippen LogP contribution in [0.2, 0.25) is 0 Å². The Morgan fingerprint density at radius 1 is 1.40 bits per heavy atom. The Labute approximate surface area is 90.9 Å². The van der Waals surface area contributed by atoms with Crippen LogP contribution in [0.25, 0.3) is 0 Å². The van der Waals surface area contributed by atoms with Crippen molar-refractivity contribution in [2.24, 2.45) is 12.9 Å². The zero-order valence-corrected chi connectivity index (χ0v) is 8.90.